The zero-order valence-corrected chi connectivity index (χ0v) is 12.1. The largest absolute Gasteiger partial charge is 0.392 e. The van der Waals surface area contributed by atoms with Crippen molar-refractivity contribution in [2.75, 3.05) is 0 Å². The molecule has 1 aromatic heterocycles. The number of nitrogens with zero attached hydrogens (tertiary/aromatic N) is 3. The van der Waals surface area contributed by atoms with Gasteiger partial charge in [-0.3, -0.25) is 4.68 Å². The highest BCUT2D eigenvalue weighted by Gasteiger charge is 2.12. The van der Waals surface area contributed by atoms with E-state index < -0.39 is 6.10 Å². The Labute approximate surface area is 122 Å². The highest BCUT2D eigenvalue weighted by atomic mass is 35.5. The van der Waals surface area contributed by atoms with E-state index in [-0.39, 0.29) is 0 Å². The summed E-state index contributed by atoms with van der Waals surface area (Å²) in [5.41, 5.74) is 0.949. The van der Waals surface area contributed by atoms with Crippen molar-refractivity contribution in [2.24, 2.45) is 0 Å². The van der Waals surface area contributed by atoms with Gasteiger partial charge in [0.15, 0.2) is 0 Å². The monoisotopic (exact) mass is 299 g/mol. The molecule has 0 amide bonds. The number of hydrogen-bond acceptors (Lipinski definition) is 3. The first-order valence-electron chi connectivity index (χ1n) is 6.08. The van der Waals surface area contributed by atoms with Gasteiger partial charge >= 0.3 is 0 Å². The van der Waals surface area contributed by atoms with E-state index in [4.69, 9.17) is 23.2 Å². The van der Waals surface area contributed by atoms with Gasteiger partial charge < -0.3 is 5.11 Å². The summed E-state index contributed by atoms with van der Waals surface area (Å²) in [6, 6.07) is 5.38. The molecule has 0 saturated heterocycles. The third-order valence-electron chi connectivity index (χ3n) is 2.87. The van der Waals surface area contributed by atoms with Crippen LogP contribution in [0.1, 0.15) is 18.3 Å². The molecule has 102 valence electrons. The van der Waals surface area contributed by atoms with Gasteiger partial charge in [-0.15, -0.1) is 0 Å². The molecule has 2 aromatic rings. The molecule has 0 aliphatic rings. The molecule has 0 bridgehead atoms. The summed E-state index contributed by atoms with van der Waals surface area (Å²) in [4.78, 5) is 4.14. The number of halogens is 2. The Hall–Kier alpha value is -1.10. The summed E-state index contributed by atoms with van der Waals surface area (Å²) >= 11 is 11.8. The molecule has 0 saturated carbocycles. The van der Waals surface area contributed by atoms with E-state index >= 15 is 0 Å². The third kappa shape index (κ3) is 3.69. The summed E-state index contributed by atoms with van der Waals surface area (Å²) in [6.45, 7) is 2.73. The number of benzene rings is 1. The molecule has 0 fully saturated rings. The molecule has 1 N–H and O–H groups in total. The van der Waals surface area contributed by atoms with Gasteiger partial charge in [-0.1, -0.05) is 29.3 Å². The van der Waals surface area contributed by atoms with Gasteiger partial charge in [-0.2, -0.15) is 5.10 Å². The smallest absolute Gasteiger partial charge is 0.138 e. The lowest BCUT2D eigenvalue weighted by Gasteiger charge is -2.11. The Kier molecular flexibility index (Phi) is 4.80. The summed E-state index contributed by atoms with van der Waals surface area (Å²) < 4.78 is 1.78. The van der Waals surface area contributed by atoms with Crippen LogP contribution in [-0.2, 0) is 19.4 Å². The van der Waals surface area contributed by atoms with E-state index in [1.165, 1.54) is 6.33 Å². The summed E-state index contributed by atoms with van der Waals surface area (Å²) in [7, 11) is 0. The molecule has 1 aromatic carbocycles. The van der Waals surface area contributed by atoms with Crippen LogP contribution in [0, 0.1) is 0 Å². The predicted molar refractivity (Wildman–Crippen MR) is 75.6 cm³/mol. The van der Waals surface area contributed by atoms with Crippen LogP contribution in [0.15, 0.2) is 24.5 Å². The Bertz CT molecular complexity index is 557. The minimum absolute atomic E-state index is 0.466. The Balaban J connectivity index is 2.01. The number of aliphatic hydroxyl groups is 1. The van der Waals surface area contributed by atoms with Crippen LogP contribution in [0.3, 0.4) is 0 Å². The Morgan fingerprint density at radius 2 is 2.05 bits per heavy atom. The highest BCUT2D eigenvalue weighted by molar-refractivity contribution is 6.42. The quantitative estimate of drug-likeness (QED) is 0.923. The molecular weight excluding hydrogens is 285 g/mol. The molecule has 1 atom stereocenters. The number of rotatable bonds is 5. The zero-order chi connectivity index (χ0) is 13.8. The minimum atomic E-state index is -0.522. The molecule has 1 unspecified atom stereocenters. The first-order valence-corrected chi connectivity index (χ1v) is 6.84. The predicted octanol–water partition coefficient (Wildman–Crippen LogP) is 2.75. The van der Waals surface area contributed by atoms with Crippen LogP contribution >= 0.6 is 23.2 Å². The van der Waals surface area contributed by atoms with Crippen molar-refractivity contribution in [1.29, 1.82) is 0 Å². The number of aromatic nitrogens is 3. The fourth-order valence-electron chi connectivity index (χ4n) is 1.93. The normalized spacial score (nSPS) is 12.6. The van der Waals surface area contributed by atoms with Crippen LogP contribution in [0.25, 0.3) is 0 Å². The van der Waals surface area contributed by atoms with Crippen LogP contribution in [0.4, 0.5) is 0 Å². The maximum atomic E-state index is 10.1. The lowest BCUT2D eigenvalue weighted by molar-refractivity contribution is 0.171. The number of hydrogen-bond donors (Lipinski definition) is 1. The molecule has 0 aliphatic heterocycles. The average molecular weight is 300 g/mol. The van der Waals surface area contributed by atoms with Gasteiger partial charge in [0.2, 0.25) is 0 Å². The van der Waals surface area contributed by atoms with Crippen molar-refractivity contribution < 1.29 is 5.11 Å². The second kappa shape index (κ2) is 6.37. The molecule has 2 rings (SSSR count). The van der Waals surface area contributed by atoms with Crippen molar-refractivity contribution >= 4 is 23.2 Å². The lowest BCUT2D eigenvalue weighted by Crippen LogP contribution is -2.17. The SMILES string of the molecule is CCn1ncnc1CC(O)Cc1ccc(Cl)c(Cl)c1. The first-order chi connectivity index (χ1) is 9.10. The summed E-state index contributed by atoms with van der Waals surface area (Å²) in [6.07, 6.45) is 1.96. The van der Waals surface area contributed by atoms with Gasteiger partial charge in [0.05, 0.1) is 16.1 Å². The van der Waals surface area contributed by atoms with Crippen LogP contribution in [-0.4, -0.2) is 26.0 Å². The summed E-state index contributed by atoms with van der Waals surface area (Å²) in [5.74, 6) is 0.787. The highest BCUT2D eigenvalue weighted by Crippen LogP contribution is 2.23. The fraction of sp³-hybridized carbons (Fsp3) is 0.385. The lowest BCUT2D eigenvalue weighted by atomic mass is 10.1. The summed E-state index contributed by atoms with van der Waals surface area (Å²) in [5, 5.41) is 15.2. The number of aryl methyl sites for hydroxylation is 1. The van der Waals surface area contributed by atoms with E-state index in [9.17, 15) is 5.11 Å². The van der Waals surface area contributed by atoms with Crippen molar-refractivity contribution in [2.45, 2.75) is 32.4 Å². The maximum Gasteiger partial charge on any atom is 0.138 e. The van der Waals surface area contributed by atoms with E-state index in [1.807, 2.05) is 13.0 Å². The molecule has 19 heavy (non-hydrogen) atoms. The average Bonchev–Trinajstić information content (AvgIpc) is 2.81. The molecule has 0 aliphatic carbocycles. The van der Waals surface area contributed by atoms with Gasteiger partial charge in [0.1, 0.15) is 12.2 Å². The van der Waals surface area contributed by atoms with Crippen LogP contribution < -0.4 is 0 Å². The third-order valence-corrected chi connectivity index (χ3v) is 3.61. The van der Waals surface area contributed by atoms with Gasteiger partial charge in [0.25, 0.3) is 0 Å². The first kappa shape index (κ1) is 14.3. The maximum absolute atomic E-state index is 10.1. The second-order valence-corrected chi connectivity index (χ2v) is 5.12. The fourth-order valence-corrected chi connectivity index (χ4v) is 2.25. The molecule has 0 radical (unpaired) electrons. The van der Waals surface area contributed by atoms with Crippen LogP contribution in [0.2, 0.25) is 10.0 Å². The topological polar surface area (TPSA) is 50.9 Å². The van der Waals surface area contributed by atoms with E-state index in [0.29, 0.717) is 22.9 Å². The van der Waals surface area contributed by atoms with E-state index in [1.54, 1.807) is 16.8 Å². The molecule has 0 spiro atoms. The number of aliphatic hydroxyl groups excluding tert-OH is 1. The minimum Gasteiger partial charge on any atom is -0.392 e. The van der Waals surface area contributed by atoms with Crippen molar-refractivity contribution in [3.05, 3.63) is 46.0 Å². The molecule has 6 heteroatoms. The standard InChI is InChI=1S/C13H15Cl2N3O/c1-2-18-13(16-8-17-18)7-10(19)5-9-3-4-11(14)12(15)6-9/h3-4,6,8,10,19H,2,5,7H2,1H3. The second-order valence-electron chi connectivity index (χ2n) is 4.30. The van der Waals surface area contributed by atoms with Gasteiger partial charge in [-0.05, 0) is 31.0 Å². The Morgan fingerprint density at radius 1 is 1.26 bits per heavy atom. The van der Waals surface area contributed by atoms with Crippen LogP contribution in [0.5, 0.6) is 0 Å². The molecular formula is C13H15Cl2N3O. The van der Waals surface area contributed by atoms with Crippen molar-refractivity contribution in [3.63, 3.8) is 0 Å². The molecule has 1 heterocycles. The van der Waals surface area contributed by atoms with Crippen molar-refractivity contribution in [1.82, 2.24) is 14.8 Å². The van der Waals surface area contributed by atoms with E-state index in [0.717, 1.165) is 17.9 Å². The van der Waals surface area contributed by atoms with Crippen molar-refractivity contribution in [3.8, 4) is 0 Å². The van der Waals surface area contributed by atoms with E-state index in [2.05, 4.69) is 10.1 Å². The Morgan fingerprint density at radius 3 is 2.74 bits per heavy atom. The zero-order valence-electron chi connectivity index (χ0n) is 10.6. The van der Waals surface area contributed by atoms with Gasteiger partial charge in [0, 0.05) is 13.0 Å². The van der Waals surface area contributed by atoms with Gasteiger partial charge in [-0.25, -0.2) is 4.98 Å². The molecule has 4 nitrogen and oxygen atoms in total.